The smallest absolute Gasteiger partial charge is 0.393 e. The number of benzene rings is 1. The van der Waals surface area contributed by atoms with Gasteiger partial charge < -0.3 is 10.0 Å². The van der Waals surface area contributed by atoms with Crippen LogP contribution < -0.4 is 0 Å². The van der Waals surface area contributed by atoms with Crippen molar-refractivity contribution in [2.45, 2.75) is 19.0 Å². The van der Waals surface area contributed by atoms with E-state index in [-0.39, 0.29) is 30.6 Å². The third kappa shape index (κ3) is 3.53. The van der Waals surface area contributed by atoms with Gasteiger partial charge in [0.2, 0.25) is 0 Å². The molecule has 0 aliphatic carbocycles. The summed E-state index contributed by atoms with van der Waals surface area (Å²) in [6.07, 6.45) is -3.96. The lowest BCUT2D eigenvalue weighted by Crippen LogP contribution is -2.44. The van der Waals surface area contributed by atoms with Gasteiger partial charge in [0.25, 0.3) is 5.91 Å². The summed E-state index contributed by atoms with van der Waals surface area (Å²) >= 11 is 0. The van der Waals surface area contributed by atoms with E-state index in [0.717, 1.165) is 0 Å². The van der Waals surface area contributed by atoms with Crippen LogP contribution in [0.15, 0.2) is 24.3 Å². The first kappa shape index (κ1) is 15.3. The van der Waals surface area contributed by atoms with Crippen molar-refractivity contribution >= 4 is 11.9 Å². The highest BCUT2D eigenvalue weighted by atomic mass is 19.4. The highest BCUT2D eigenvalue weighted by molar-refractivity contribution is 5.96. The van der Waals surface area contributed by atoms with Gasteiger partial charge >= 0.3 is 12.1 Å². The van der Waals surface area contributed by atoms with Crippen LogP contribution in [0.1, 0.15) is 33.6 Å². The minimum Gasteiger partial charge on any atom is -0.478 e. The number of alkyl halides is 3. The number of rotatable bonds is 2. The maximum Gasteiger partial charge on any atom is 0.393 e. The van der Waals surface area contributed by atoms with Gasteiger partial charge in [-0.05, 0) is 37.1 Å². The van der Waals surface area contributed by atoms with E-state index in [2.05, 4.69) is 0 Å². The minimum atomic E-state index is -4.30. The number of amides is 1. The second-order valence-electron chi connectivity index (χ2n) is 5.01. The van der Waals surface area contributed by atoms with E-state index in [1.54, 1.807) is 0 Å². The molecule has 21 heavy (non-hydrogen) atoms. The van der Waals surface area contributed by atoms with Crippen molar-refractivity contribution in [1.29, 1.82) is 0 Å². The van der Waals surface area contributed by atoms with Gasteiger partial charge in [-0.2, -0.15) is 13.2 Å². The van der Waals surface area contributed by atoms with E-state index in [1.165, 1.54) is 29.2 Å². The van der Waals surface area contributed by atoms with Crippen molar-refractivity contribution in [2.75, 3.05) is 13.1 Å². The summed E-state index contributed by atoms with van der Waals surface area (Å²) in [5.41, 5.74) is 0.223. The van der Waals surface area contributed by atoms with Crippen LogP contribution >= 0.6 is 0 Å². The molecule has 0 radical (unpaired) electrons. The fourth-order valence-corrected chi connectivity index (χ4v) is 2.37. The first-order chi connectivity index (χ1) is 9.79. The highest BCUT2D eigenvalue weighted by Gasteiger charge is 2.42. The number of carboxylic acids is 1. The molecule has 0 saturated carbocycles. The van der Waals surface area contributed by atoms with E-state index in [1.807, 2.05) is 0 Å². The van der Waals surface area contributed by atoms with Crippen molar-refractivity contribution in [3.8, 4) is 0 Å². The molecule has 4 nitrogen and oxygen atoms in total. The van der Waals surface area contributed by atoms with Gasteiger partial charge in [0.15, 0.2) is 0 Å². The number of carboxylic acid groups (broad SMARTS) is 1. The molecule has 1 fully saturated rings. The Labute approximate surface area is 119 Å². The Morgan fingerprint density at radius 2 is 1.71 bits per heavy atom. The molecule has 1 saturated heterocycles. The Morgan fingerprint density at radius 3 is 2.24 bits per heavy atom. The second-order valence-corrected chi connectivity index (χ2v) is 5.01. The lowest BCUT2D eigenvalue weighted by molar-refractivity contribution is -0.184. The SMILES string of the molecule is O=C(O)c1ccc(C(=O)N2CCC[C@H](C(F)(F)F)C2)cc1. The van der Waals surface area contributed by atoms with Crippen molar-refractivity contribution in [3.05, 3.63) is 35.4 Å². The largest absolute Gasteiger partial charge is 0.478 e. The summed E-state index contributed by atoms with van der Waals surface area (Å²) in [7, 11) is 0. The zero-order valence-electron chi connectivity index (χ0n) is 11.1. The van der Waals surface area contributed by atoms with Crippen LogP contribution in [0.3, 0.4) is 0 Å². The zero-order valence-corrected chi connectivity index (χ0v) is 11.1. The van der Waals surface area contributed by atoms with Crippen LogP contribution in [0.25, 0.3) is 0 Å². The molecule has 0 spiro atoms. The molecule has 114 valence electrons. The number of piperidine rings is 1. The first-order valence-electron chi connectivity index (χ1n) is 6.48. The number of hydrogen-bond donors (Lipinski definition) is 1. The van der Waals surface area contributed by atoms with E-state index in [0.29, 0.717) is 6.42 Å². The van der Waals surface area contributed by atoms with Crippen molar-refractivity contribution in [3.63, 3.8) is 0 Å². The molecule has 2 rings (SSSR count). The van der Waals surface area contributed by atoms with Crippen LogP contribution in [0.2, 0.25) is 0 Å². The Morgan fingerprint density at radius 1 is 1.14 bits per heavy atom. The average Bonchev–Trinajstić information content (AvgIpc) is 2.46. The van der Waals surface area contributed by atoms with E-state index < -0.39 is 24.0 Å². The van der Waals surface area contributed by atoms with Gasteiger partial charge in [0.1, 0.15) is 0 Å². The Balaban J connectivity index is 2.10. The number of carbonyl (C=O) groups excluding carboxylic acids is 1. The molecule has 1 N–H and O–H groups in total. The Bertz CT molecular complexity index is 539. The summed E-state index contributed by atoms with van der Waals surface area (Å²) in [4.78, 5) is 24.1. The van der Waals surface area contributed by atoms with E-state index >= 15 is 0 Å². The maximum absolute atomic E-state index is 12.7. The molecule has 7 heteroatoms. The monoisotopic (exact) mass is 301 g/mol. The molecule has 1 aliphatic rings. The van der Waals surface area contributed by atoms with Gasteiger partial charge in [-0.1, -0.05) is 0 Å². The second kappa shape index (κ2) is 5.75. The molecule has 0 unspecified atom stereocenters. The number of hydrogen-bond acceptors (Lipinski definition) is 2. The topological polar surface area (TPSA) is 57.6 Å². The third-order valence-corrected chi connectivity index (χ3v) is 3.55. The molecule has 1 amide bonds. The van der Waals surface area contributed by atoms with Crippen molar-refractivity contribution in [2.24, 2.45) is 5.92 Å². The average molecular weight is 301 g/mol. The summed E-state index contributed by atoms with van der Waals surface area (Å²) in [5.74, 6) is -3.11. The molecule has 1 atom stereocenters. The Kier molecular flexibility index (Phi) is 4.20. The molecular formula is C14H14F3NO3. The fourth-order valence-electron chi connectivity index (χ4n) is 2.37. The Hall–Kier alpha value is -2.05. The number of nitrogens with zero attached hydrogens (tertiary/aromatic N) is 1. The molecule has 0 aromatic heterocycles. The van der Waals surface area contributed by atoms with Gasteiger partial charge in [-0.15, -0.1) is 0 Å². The van der Waals surface area contributed by atoms with Crippen molar-refractivity contribution in [1.82, 2.24) is 4.90 Å². The predicted octanol–water partition coefficient (Wildman–Crippen LogP) is 2.80. The number of aromatic carboxylic acids is 1. The summed E-state index contributed by atoms with van der Waals surface area (Å²) in [5, 5.41) is 8.77. The fraction of sp³-hybridized carbons (Fsp3) is 0.429. The normalized spacial score (nSPS) is 19.4. The molecule has 1 heterocycles. The van der Waals surface area contributed by atoms with Gasteiger partial charge in [-0.25, -0.2) is 4.79 Å². The quantitative estimate of drug-likeness (QED) is 0.914. The molecule has 1 aliphatic heterocycles. The lowest BCUT2D eigenvalue weighted by Gasteiger charge is -2.33. The maximum atomic E-state index is 12.7. The summed E-state index contributed by atoms with van der Waals surface area (Å²) in [6, 6.07) is 5.17. The zero-order chi connectivity index (χ0) is 15.6. The van der Waals surface area contributed by atoms with E-state index in [4.69, 9.17) is 5.11 Å². The number of likely N-dealkylation sites (tertiary alicyclic amines) is 1. The summed E-state index contributed by atoms with van der Waals surface area (Å²) < 4.78 is 38.2. The van der Waals surface area contributed by atoms with Crippen LogP contribution in [-0.4, -0.2) is 41.1 Å². The van der Waals surface area contributed by atoms with Crippen LogP contribution in [-0.2, 0) is 0 Å². The van der Waals surface area contributed by atoms with Crippen LogP contribution in [0.5, 0.6) is 0 Å². The highest BCUT2D eigenvalue weighted by Crippen LogP contribution is 2.33. The van der Waals surface area contributed by atoms with Gasteiger partial charge in [0.05, 0.1) is 11.5 Å². The minimum absolute atomic E-state index is 0.0263. The van der Waals surface area contributed by atoms with Gasteiger partial charge in [-0.3, -0.25) is 4.79 Å². The van der Waals surface area contributed by atoms with Gasteiger partial charge in [0, 0.05) is 18.7 Å². The standard InChI is InChI=1S/C14H14F3NO3/c15-14(16,17)11-2-1-7-18(8-11)12(19)9-3-5-10(6-4-9)13(20)21/h3-6,11H,1-2,7-8H2,(H,20,21)/t11-/m0/s1. The molecule has 0 bridgehead atoms. The van der Waals surface area contributed by atoms with Crippen LogP contribution in [0.4, 0.5) is 13.2 Å². The van der Waals surface area contributed by atoms with Crippen molar-refractivity contribution < 1.29 is 27.9 Å². The third-order valence-electron chi connectivity index (χ3n) is 3.55. The molecule has 1 aromatic rings. The van der Waals surface area contributed by atoms with Crippen LogP contribution in [0, 0.1) is 5.92 Å². The first-order valence-corrected chi connectivity index (χ1v) is 6.48. The van der Waals surface area contributed by atoms with E-state index in [9.17, 15) is 22.8 Å². The summed E-state index contributed by atoms with van der Waals surface area (Å²) in [6.45, 7) is -0.0604. The molecular weight excluding hydrogens is 287 g/mol. The number of carbonyl (C=O) groups is 2. The lowest BCUT2D eigenvalue weighted by atomic mass is 9.97. The molecule has 1 aromatic carbocycles. The number of halogens is 3. The predicted molar refractivity (Wildman–Crippen MR) is 68.1 cm³/mol.